The Morgan fingerprint density at radius 1 is 1.22 bits per heavy atom. The summed E-state index contributed by atoms with van der Waals surface area (Å²) in [7, 11) is 4.37. The van der Waals surface area contributed by atoms with E-state index < -0.39 is 0 Å². The van der Waals surface area contributed by atoms with Crippen molar-refractivity contribution in [2.24, 2.45) is 5.92 Å². The molecular formula is C8H17N. The Balaban J connectivity index is 2.40. The van der Waals surface area contributed by atoms with E-state index >= 15 is 0 Å². The van der Waals surface area contributed by atoms with Crippen LogP contribution in [-0.4, -0.2) is 25.0 Å². The summed E-state index contributed by atoms with van der Waals surface area (Å²) in [6.07, 6.45) is 4.28. The van der Waals surface area contributed by atoms with Crippen LogP contribution in [0.25, 0.3) is 0 Å². The van der Waals surface area contributed by atoms with Crippen molar-refractivity contribution in [3.8, 4) is 0 Å². The minimum Gasteiger partial charge on any atom is -0.306 e. The van der Waals surface area contributed by atoms with Gasteiger partial charge in [0.2, 0.25) is 0 Å². The SMILES string of the molecule is C[C@H]1CCCC1N(C)C. The maximum Gasteiger partial charge on any atom is 0.0115 e. The van der Waals surface area contributed by atoms with Gasteiger partial charge in [-0.05, 0) is 32.9 Å². The van der Waals surface area contributed by atoms with E-state index in [4.69, 9.17) is 0 Å². The molecule has 1 aliphatic carbocycles. The molecule has 1 unspecified atom stereocenters. The van der Waals surface area contributed by atoms with Crippen molar-refractivity contribution >= 4 is 0 Å². The summed E-state index contributed by atoms with van der Waals surface area (Å²) in [5.41, 5.74) is 0. The van der Waals surface area contributed by atoms with Gasteiger partial charge in [0.15, 0.2) is 0 Å². The number of rotatable bonds is 1. The molecule has 0 aliphatic heterocycles. The van der Waals surface area contributed by atoms with E-state index in [1.54, 1.807) is 0 Å². The van der Waals surface area contributed by atoms with Crippen molar-refractivity contribution in [2.75, 3.05) is 14.1 Å². The summed E-state index contributed by atoms with van der Waals surface area (Å²) in [6, 6.07) is 0.866. The quantitative estimate of drug-likeness (QED) is 0.518. The largest absolute Gasteiger partial charge is 0.306 e. The van der Waals surface area contributed by atoms with Crippen LogP contribution in [0.5, 0.6) is 0 Å². The van der Waals surface area contributed by atoms with E-state index in [2.05, 4.69) is 25.9 Å². The summed E-state index contributed by atoms with van der Waals surface area (Å²) in [5.74, 6) is 0.931. The Morgan fingerprint density at radius 2 is 1.89 bits per heavy atom. The van der Waals surface area contributed by atoms with Gasteiger partial charge in [0.1, 0.15) is 0 Å². The van der Waals surface area contributed by atoms with Crippen molar-refractivity contribution in [3.05, 3.63) is 0 Å². The minimum atomic E-state index is 0.866. The van der Waals surface area contributed by atoms with Gasteiger partial charge in [0, 0.05) is 6.04 Å². The fraction of sp³-hybridized carbons (Fsp3) is 1.00. The molecule has 0 aromatic carbocycles. The third-order valence-corrected chi connectivity index (χ3v) is 2.48. The molecule has 54 valence electrons. The molecule has 0 spiro atoms. The highest BCUT2D eigenvalue weighted by Crippen LogP contribution is 2.27. The zero-order chi connectivity index (χ0) is 6.85. The Labute approximate surface area is 58.0 Å². The molecular weight excluding hydrogens is 110 g/mol. The lowest BCUT2D eigenvalue weighted by Gasteiger charge is -2.22. The second-order valence-electron chi connectivity index (χ2n) is 3.44. The van der Waals surface area contributed by atoms with Crippen molar-refractivity contribution in [1.29, 1.82) is 0 Å². The molecule has 0 N–H and O–H groups in total. The van der Waals surface area contributed by atoms with E-state index in [1.807, 2.05) is 0 Å². The first-order valence-corrected chi connectivity index (χ1v) is 3.88. The van der Waals surface area contributed by atoms with E-state index in [0.717, 1.165) is 12.0 Å². The Bertz CT molecular complexity index is 88.6. The average Bonchev–Trinajstić information content (AvgIpc) is 2.13. The molecule has 1 saturated carbocycles. The summed E-state index contributed by atoms with van der Waals surface area (Å²) in [6.45, 7) is 2.36. The predicted molar refractivity (Wildman–Crippen MR) is 40.5 cm³/mol. The van der Waals surface area contributed by atoms with E-state index in [9.17, 15) is 0 Å². The van der Waals surface area contributed by atoms with Gasteiger partial charge < -0.3 is 4.90 Å². The molecule has 0 aromatic heterocycles. The number of hydrogen-bond donors (Lipinski definition) is 0. The molecule has 1 fully saturated rings. The second-order valence-corrected chi connectivity index (χ2v) is 3.44. The zero-order valence-corrected chi connectivity index (χ0v) is 6.72. The monoisotopic (exact) mass is 127 g/mol. The first kappa shape index (κ1) is 7.07. The second kappa shape index (κ2) is 2.70. The molecule has 0 heterocycles. The first-order valence-electron chi connectivity index (χ1n) is 3.88. The summed E-state index contributed by atoms with van der Waals surface area (Å²) >= 11 is 0. The summed E-state index contributed by atoms with van der Waals surface area (Å²) in [4.78, 5) is 2.36. The van der Waals surface area contributed by atoms with Gasteiger partial charge in [-0.3, -0.25) is 0 Å². The fourth-order valence-electron chi connectivity index (χ4n) is 1.89. The molecule has 0 bridgehead atoms. The molecule has 1 heteroatoms. The first-order chi connectivity index (χ1) is 4.22. The summed E-state index contributed by atoms with van der Waals surface area (Å²) in [5, 5.41) is 0. The van der Waals surface area contributed by atoms with E-state index in [0.29, 0.717) is 0 Å². The minimum absolute atomic E-state index is 0.866. The molecule has 0 saturated heterocycles. The standard InChI is InChI=1S/C8H17N/c1-7-5-4-6-8(7)9(2)3/h7-8H,4-6H2,1-3H3/t7-,8?/m0/s1. The van der Waals surface area contributed by atoms with Gasteiger partial charge in [0.25, 0.3) is 0 Å². The van der Waals surface area contributed by atoms with E-state index in [-0.39, 0.29) is 0 Å². The molecule has 1 rings (SSSR count). The van der Waals surface area contributed by atoms with Crippen LogP contribution in [0, 0.1) is 5.92 Å². The predicted octanol–water partition coefficient (Wildman–Crippen LogP) is 1.74. The van der Waals surface area contributed by atoms with Crippen LogP contribution in [0.15, 0.2) is 0 Å². The molecule has 1 aliphatic rings. The van der Waals surface area contributed by atoms with Crippen LogP contribution in [0.2, 0.25) is 0 Å². The maximum absolute atomic E-state index is 2.36. The third kappa shape index (κ3) is 1.45. The van der Waals surface area contributed by atoms with E-state index in [1.165, 1.54) is 19.3 Å². The lowest BCUT2D eigenvalue weighted by molar-refractivity contribution is 0.249. The van der Waals surface area contributed by atoms with Gasteiger partial charge in [-0.15, -0.1) is 0 Å². The Kier molecular flexibility index (Phi) is 2.12. The van der Waals surface area contributed by atoms with Gasteiger partial charge in [-0.1, -0.05) is 13.3 Å². The molecule has 0 radical (unpaired) electrons. The van der Waals surface area contributed by atoms with Crippen LogP contribution in [0.4, 0.5) is 0 Å². The number of hydrogen-bond acceptors (Lipinski definition) is 1. The van der Waals surface area contributed by atoms with Crippen LogP contribution in [-0.2, 0) is 0 Å². The van der Waals surface area contributed by atoms with Crippen molar-refractivity contribution in [2.45, 2.75) is 32.2 Å². The third-order valence-electron chi connectivity index (χ3n) is 2.48. The van der Waals surface area contributed by atoms with Crippen molar-refractivity contribution in [3.63, 3.8) is 0 Å². The smallest absolute Gasteiger partial charge is 0.0115 e. The van der Waals surface area contributed by atoms with Gasteiger partial charge in [-0.2, -0.15) is 0 Å². The lowest BCUT2D eigenvalue weighted by Crippen LogP contribution is -2.29. The average molecular weight is 127 g/mol. The Hall–Kier alpha value is -0.0400. The normalized spacial score (nSPS) is 36.0. The van der Waals surface area contributed by atoms with Gasteiger partial charge in [-0.25, -0.2) is 0 Å². The fourth-order valence-corrected chi connectivity index (χ4v) is 1.89. The maximum atomic E-state index is 2.36. The highest BCUT2D eigenvalue weighted by molar-refractivity contribution is 4.79. The molecule has 9 heavy (non-hydrogen) atoms. The van der Waals surface area contributed by atoms with Crippen LogP contribution in [0.1, 0.15) is 26.2 Å². The Morgan fingerprint density at radius 3 is 2.11 bits per heavy atom. The zero-order valence-electron chi connectivity index (χ0n) is 6.72. The van der Waals surface area contributed by atoms with Crippen LogP contribution < -0.4 is 0 Å². The highest BCUT2D eigenvalue weighted by Gasteiger charge is 2.24. The molecule has 0 amide bonds. The lowest BCUT2D eigenvalue weighted by atomic mass is 10.1. The highest BCUT2D eigenvalue weighted by atomic mass is 15.1. The van der Waals surface area contributed by atoms with Crippen molar-refractivity contribution in [1.82, 2.24) is 4.90 Å². The molecule has 1 nitrogen and oxygen atoms in total. The van der Waals surface area contributed by atoms with Crippen molar-refractivity contribution < 1.29 is 0 Å². The molecule has 2 atom stereocenters. The summed E-state index contributed by atoms with van der Waals surface area (Å²) < 4.78 is 0. The molecule has 0 aromatic rings. The van der Waals surface area contributed by atoms with Gasteiger partial charge >= 0.3 is 0 Å². The topological polar surface area (TPSA) is 3.24 Å². The van der Waals surface area contributed by atoms with Crippen LogP contribution in [0.3, 0.4) is 0 Å². The number of nitrogens with zero attached hydrogens (tertiary/aromatic N) is 1. The van der Waals surface area contributed by atoms with Crippen LogP contribution >= 0.6 is 0 Å². The van der Waals surface area contributed by atoms with Gasteiger partial charge in [0.05, 0.1) is 0 Å².